The van der Waals surface area contributed by atoms with E-state index < -0.39 is 55.3 Å². The minimum absolute atomic E-state index is 0.0608. The van der Waals surface area contributed by atoms with Gasteiger partial charge in [-0.05, 0) is 13.8 Å². The van der Waals surface area contributed by atoms with Crippen LogP contribution >= 0.6 is 0 Å². The van der Waals surface area contributed by atoms with Crippen LogP contribution in [0.2, 0.25) is 0 Å². The number of hydrogen-bond donors (Lipinski definition) is 0. The quantitative estimate of drug-likeness (QED) is 0.494. The first-order valence-corrected chi connectivity index (χ1v) is 5.72. The molecule has 0 nitrogen and oxygen atoms in total. The molecule has 0 fully saturated rings. The van der Waals surface area contributed by atoms with Gasteiger partial charge in [0.25, 0.3) is 29.6 Å². The van der Waals surface area contributed by atoms with E-state index in [2.05, 4.69) is 0 Å². The fourth-order valence-corrected chi connectivity index (χ4v) is 1.85. The Morgan fingerprint density at radius 1 is 0.429 bits per heavy atom. The highest BCUT2D eigenvalue weighted by atomic mass is 19.3. The van der Waals surface area contributed by atoms with Gasteiger partial charge in [0.05, 0.1) is 25.7 Å². The Kier molecular flexibility index (Phi) is 5.63. The molecule has 0 saturated carbocycles. The largest absolute Gasteiger partial charge is 0.259 e. The smallest absolute Gasteiger partial charge is 0.207 e. The molecule has 0 spiro atoms. The standard InChI is InChI=1S/C11H14F10/c1-7(12,13)3-9(16,17)5-11(20,21)6-10(18,19)4-8(2,14)15/h3-6H2,1-2H3. The molecule has 0 rings (SSSR count). The van der Waals surface area contributed by atoms with Crippen LogP contribution < -0.4 is 0 Å². The van der Waals surface area contributed by atoms with E-state index in [0.29, 0.717) is 0 Å². The average molecular weight is 336 g/mol. The van der Waals surface area contributed by atoms with E-state index in [9.17, 15) is 43.9 Å². The normalized spacial score (nSPS) is 15.4. The van der Waals surface area contributed by atoms with E-state index in [0.717, 1.165) is 0 Å². The van der Waals surface area contributed by atoms with Crippen molar-refractivity contribution in [3.63, 3.8) is 0 Å². The van der Waals surface area contributed by atoms with Crippen molar-refractivity contribution in [2.45, 2.75) is 69.1 Å². The molecule has 0 saturated heterocycles. The first-order valence-electron chi connectivity index (χ1n) is 5.72. The molecule has 0 unspecified atom stereocenters. The Labute approximate surface area is 114 Å². The fraction of sp³-hybridized carbons (Fsp3) is 1.00. The molecule has 0 N–H and O–H groups in total. The van der Waals surface area contributed by atoms with Gasteiger partial charge in [-0.15, -0.1) is 0 Å². The Morgan fingerprint density at radius 2 is 0.619 bits per heavy atom. The van der Waals surface area contributed by atoms with Crippen molar-refractivity contribution < 1.29 is 43.9 Å². The number of halogens is 10. The van der Waals surface area contributed by atoms with Gasteiger partial charge in [-0.2, -0.15) is 0 Å². The molecule has 0 bridgehead atoms. The molecule has 0 heterocycles. The van der Waals surface area contributed by atoms with E-state index in [4.69, 9.17) is 0 Å². The molecule has 0 atom stereocenters. The zero-order chi connectivity index (χ0) is 17.3. The summed E-state index contributed by atoms with van der Waals surface area (Å²) in [7, 11) is 0. The summed E-state index contributed by atoms with van der Waals surface area (Å²) in [6.45, 7) is 0.122. The molecular formula is C11H14F10. The maximum Gasteiger partial charge on any atom is 0.259 e. The van der Waals surface area contributed by atoms with Crippen LogP contribution in [0.15, 0.2) is 0 Å². The highest BCUT2D eigenvalue weighted by Crippen LogP contribution is 2.44. The Morgan fingerprint density at radius 3 is 0.810 bits per heavy atom. The summed E-state index contributed by atoms with van der Waals surface area (Å²) in [6, 6.07) is 0. The third kappa shape index (κ3) is 10.6. The molecular weight excluding hydrogens is 322 g/mol. The second kappa shape index (κ2) is 5.83. The van der Waals surface area contributed by atoms with Gasteiger partial charge in [0, 0.05) is 0 Å². The molecule has 0 aliphatic heterocycles. The van der Waals surface area contributed by atoms with E-state index in [-0.39, 0.29) is 13.8 Å². The average Bonchev–Trinajstić information content (AvgIpc) is 1.83. The maximum atomic E-state index is 13.1. The lowest BCUT2D eigenvalue weighted by Crippen LogP contribution is -2.39. The zero-order valence-corrected chi connectivity index (χ0v) is 11.1. The molecule has 0 amide bonds. The van der Waals surface area contributed by atoms with Gasteiger partial charge in [0.15, 0.2) is 0 Å². The highest BCUT2D eigenvalue weighted by Gasteiger charge is 2.53. The van der Waals surface area contributed by atoms with Crippen molar-refractivity contribution in [2.24, 2.45) is 0 Å². The summed E-state index contributed by atoms with van der Waals surface area (Å²) < 4.78 is 128. The van der Waals surface area contributed by atoms with Crippen molar-refractivity contribution in [1.29, 1.82) is 0 Å². The minimum atomic E-state index is -4.76. The molecule has 0 aliphatic carbocycles. The highest BCUT2D eigenvalue weighted by molar-refractivity contribution is 4.86. The SMILES string of the molecule is CC(F)(F)CC(F)(F)CC(F)(F)CC(F)(F)CC(C)(F)F. The van der Waals surface area contributed by atoms with E-state index in [1.54, 1.807) is 0 Å². The second-order valence-corrected chi connectivity index (χ2v) is 5.42. The van der Waals surface area contributed by atoms with Crippen molar-refractivity contribution in [2.75, 3.05) is 0 Å². The molecule has 128 valence electrons. The van der Waals surface area contributed by atoms with Crippen LogP contribution in [0.4, 0.5) is 43.9 Å². The second-order valence-electron chi connectivity index (χ2n) is 5.42. The summed E-state index contributed by atoms with van der Waals surface area (Å²) in [5, 5.41) is 0. The summed E-state index contributed by atoms with van der Waals surface area (Å²) in [5.41, 5.74) is 0. The van der Waals surface area contributed by atoms with Gasteiger partial charge in [0.1, 0.15) is 0 Å². The summed E-state index contributed by atoms with van der Waals surface area (Å²) in [4.78, 5) is 0. The van der Waals surface area contributed by atoms with Gasteiger partial charge in [0.2, 0.25) is 0 Å². The molecule has 0 aromatic carbocycles. The van der Waals surface area contributed by atoms with Crippen molar-refractivity contribution >= 4 is 0 Å². The maximum absolute atomic E-state index is 13.1. The van der Waals surface area contributed by atoms with Crippen LogP contribution in [0.3, 0.4) is 0 Å². The van der Waals surface area contributed by atoms with Gasteiger partial charge in [-0.3, -0.25) is 0 Å². The summed E-state index contributed by atoms with van der Waals surface area (Å²) in [6.07, 6.45) is -9.61. The monoisotopic (exact) mass is 336 g/mol. The van der Waals surface area contributed by atoms with Crippen molar-refractivity contribution in [1.82, 2.24) is 0 Å². The van der Waals surface area contributed by atoms with E-state index in [1.165, 1.54) is 0 Å². The third-order valence-corrected chi connectivity index (χ3v) is 2.17. The Hall–Kier alpha value is -0.700. The van der Waals surface area contributed by atoms with Gasteiger partial charge in [-0.1, -0.05) is 0 Å². The minimum Gasteiger partial charge on any atom is -0.207 e. The lowest BCUT2D eigenvalue weighted by Gasteiger charge is -2.28. The third-order valence-electron chi connectivity index (χ3n) is 2.17. The number of hydrogen-bond acceptors (Lipinski definition) is 0. The van der Waals surface area contributed by atoms with Crippen LogP contribution in [-0.2, 0) is 0 Å². The summed E-state index contributed by atoms with van der Waals surface area (Å²) >= 11 is 0. The molecule has 10 heteroatoms. The molecule has 0 aromatic heterocycles. The zero-order valence-electron chi connectivity index (χ0n) is 11.1. The van der Waals surface area contributed by atoms with Crippen LogP contribution in [0.1, 0.15) is 39.5 Å². The molecule has 0 aromatic rings. The van der Waals surface area contributed by atoms with Crippen molar-refractivity contribution in [3.05, 3.63) is 0 Å². The van der Waals surface area contributed by atoms with Crippen molar-refractivity contribution in [3.8, 4) is 0 Å². The fourth-order valence-electron chi connectivity index (χ4n) is 1.85. The predicted octanol–water partition coefficient (Wildman–Crippen LogP) is 5.76. The van der Waals surface area contributed by atoms with Gasteiger partial charge < -0.3 is 0 Å². The molecule has 0 aliphatic rings. The first kappa shape index (κ1) is 20.3. The lowest BCUT2D eigenvalue weighted by molar-refractivity contribution is -0.188. The van der Waals surface area contributed by atoms with E-state index in [1.807, 2.05) is 0 Å². The van der Waals surface area contributed by atoms with Crippen LogP contribution in [0, 0.1) is 0 Å². The number of alkyl halides is 10. The Balaban J connectivity index is 4.83. The van der Waals surface area contributed by atoms with Gasteiger partial charge >= 0.3 is 0 Å². The topological polar surface area (TPSA) is 0 Å². The van der Waals surface area contributed by atoms with Crippen LogP contribution in [0.25, 0.3) is 0 Å². The predicted molar refractivity (Wildman–Crippen MR) is 54.6 cm³/mol. The van der Waals surface area contributed by atoms with Crippen LogP contribution in [-0.4, -0.2) is 29.6 Å². The van der Waals surface area contributed by atoms with E-state index >= 15 is 0 Å². The Bertz CT molecular complexity index is 304. The lowest BCUT2D eigenvalue weighted by atomic mass is 9.97. The summed E-state index contributed by atoms with van der Waals surface area (Å²) in [5.74, 6) is -21.9. The molecule has 21 heavy (non-hydrogen) atoms. The first-order chi connectivity index (χ1) is 8.83. The molecule has 0 radical (unpaired) electrons. The number of rotatable bonds is 8. The van der Waals surface area contributed by atoms with Crippen LogP contribution in [0.5, 0.6) is 0 Å². The van der Waals surface area contributed by atoms with Gasteiger partial charge in [-0.25, -0.2) is 43.9 Å².